The monoisotopic (exact) mass is 250 g/mol. The second kappa shape index (κ2) is 5.84. The molecule has 1 saturated heterocycles. The molecule has 1 heterocycles. The molecule has 2 rings (SSSR count). The number of hydrogen-bond acceptors (Lipinski definition) is 5. The Labute approximate surface area is 106 Å². The van der Waals surface area contributed by atoms with Crippen LogP contribution in [0, 0.1) is 0 Å². The fourth-order valence-electron chi connectivity index (χ4n) is 1.89. The number of carbonyl (C=O) groups is 1. The Bertz CT molecular complexity index is 399. The second-order valence-corrected chi connectivity index (χ2v) is 4.46. The number of nitrogens with two attached hydrogens (primary N) is 1. The summed E-state index contributed by atoms with van der Waals surface area (Å²) < 4.78 is 9.77. The first-order chi connectivity index (χ1) is 8.67. The molecule has 5 heteroatoms. The van der Waals surface area contributed by atoms with Gasteiger partial charge in [0.2, 0.25) is 0 Å². The van der Waals surface area contributed by atoms with Crippen molar-refractivity contribution in [2.75, 3.05) is 26.8 Å². The molecule has 0 radical (unpaired) electrons. The number of rotatable bonds is 5. The zero-order valence-electron chi connectivity index (χ0n) is 10.5. The van der Waals surface area contributed by atoms with Crippen molar-refractivity contribution in [2.45, 2.75) is 12.6 Å². The van der Waals surface area contributed by atoms with Crippen molar-refractivity contribution >= 4 is 5.97 Å². The SMILES string of the molecule is COC(=O)COc1ccc(CN2CC(N)C2)cc1. The first-order valence-electron chi connectivity index (χ1n) is 5.94. The summed E-state index contributed by atoms with van der Waals surface area (Å²) in [6.45, 7) is 2.77. The van der Waals surface area contributed by atoms with Crippen molar-refractivity contribution in [3.63, 3.8) is 0 Å². The van der Waals surface area contributed by atoms with Gasteiger partial charge in [0.05, 0.1) is 7.11 Å². The Morgan fingerprint density at radius 1 is 1.39 bits per heavy atom. The Balaban J connectivity index is 1.80. The second-order valence-electron chi connectivity index (χ2n) is 4.46. The molecule has 0 saturated carbocycles. The van der Waals surface area contributed by atoms with Gasteiger partial charge in [0.25, 0.3) is 0 Å². The van der Waals surface area contributed by atoms with E-state index in [1.165, 1.54) is 12.7 Å². The average molecular weight is 250 g/mol. The molecule has 0 unspecified atom stereocenters. The zero-order chi connectivity index (χ0) is 13.0. The molecule has 0 spiro atoms. The highest BCUT2D eigenvalue weighted by Crippen LogP contribution is 2.16. The Morgan fingerprint density at radius 3 is 2.61 bits per heavy atom. The standard InChI is InChI=1S/C13H18N2O3/c1-17-13(16)9-18-12-4-2-10(3-5-12)6-15-7-11(14)8-15/h2-5,11H,6-9,14H2,1H3. The molecule has 0 atom stereocenters. The highest BCUT2D eigenvalue weighted by molar-refractivity contribution is 5.70. The lowest BCUT2D eigenvalue weighted by Gasteiger charge is -2.36. The minimum Gasteiger partial charge on any atom is -0.482 e. The minimum absolute atomic E-state index is 0.0587. The first-order valence-corrected chi connectivity index (χ1v) is 5.94. The van der Waals surface area contributed by atoms with E-state index in [9.17, 15) is 4.79 Å². The van der Waals surface area contributed by atoms with Crippen LogP contribution in [0.2, 0.25) is 0 Å². The summed E-state index contributed by atoms with van der Waals surface area (Å²) in [5, 5.41) is 0. The molecule has 2 N–H and O–H groups in total. The normalized spacial score (nSPS) is 16.1. The number of likely N-dealkylation sites (tertiary alicyclic amines) is 1. The number of nitrogens with zero attached hydrogens (tertiary/aromatic N) is 1. The minimum atomic E-state index is -0.381. The summed E-state index contributed by atoms with van der Waals surface area (Å²) in [6, 6.07) is 8.04. The molecule has 0 bridgehead atoms. The van der Waals surface area contributed by atoms with E-state index in [-0.39, 0.29) is 12.6 Å². The third-order valence-corrected chi connectivity index (χ3v) is 2.90. The number of methoxy groups -OCH3 is 1. The molecule has 1 aliphatic rings. The summed E-state index contributed by atoms with van der Waals surface area (Å²) in [7, 11) is 1.34. The van der Waals surface area contributed by atoms with E-state index < -0.39 is 0 Å². The van der Waals surface area contributed by atoms with E-state index in [0.717, 1.165) is 19.6 Å². The first kappa shape index (κ1) is 12.9. The molecule has 98 valence electrons. The Hall–Kier alpha value is -1.59. The van der Waals surface area contributed by atoms with Crippen molar-refractivity contribution in [3.8, 4) is 5.75 Å². The van der Waals surface area contributed by atoms with E-state index >= 15 is 0 Å². The third kappa shape index (κ3) is 3.45. The Morgan fingerprint density at radius 2 is 2.06 bits per heavy atom. The van der Waals surface area contributed by atoms with Crippen LogP contribution in [0.4, 0.5) is 0 Å². The Kier molecular flexibility index (Phi) is 4.17. The number of carbonyl (C=O) groups excluding carboxylic acids is 1. The number of ether oxygens (including phenoxy) is 2. The van der Waals surface area contributed by atoms with Crippen LogP contribution in [-0.2, 0) is 16.1 Å². The van der Waals surface area contributed by atoms with Crippen LogP contribution >= 0.6 is 0 Å². The predicted molar refractivity (Wildman–Crippen MR) is 67.2 cm³/mol. The van der Waals surface area contributed by atoms with E-state index in [1.807, 2.05) is 24.3 Å². The quantitative estimate of drug-likeness (QED) is 0.765. The van der Waals surface area contributed by atoms with Gasteiger partial charge < -0.3 is 15.2 Å². The summed E-state index contributed by atoms with van der Waals surface area (Å²) in [5.41, 5.74) is 6.94. The van der Waals surface area contributed by atoms with Crippen molar-refractivity contribution in [1.82, 2.24) is 4.90 Å². The van der Waals surface area contributed by atoms with E-state index in [2.05, 4.69) is 9.64 Å². The van der Waals surface area contributed by atoms with E-state index in [4.69, 9.17) is 10.5 Å². The molecule has 0 amide bonds. The number of esters is 1. The average Bonchev–Trinajstić information content (AvgIpc) is 2.35. The van der Waals surface area contributed by atoms with Crippen LogP contribution in [0.25, 0.3) is 0 Å². The van der Waals surface area contributed by atoms with Crippen LogP contribution in [0.3, 0.4) is 0 Å². The van der Waals surface area contributed by atoms with Crippen molar-refractivity contribution < 1.29 is 14.3 Å². The van der Waals surface area contributed by atoms with Gasteiger partial charge in [0.15, 0.2) is 6.61 Å². The van der Waals surface area contributed by atoms with Crippen molar-refractivity contribution in [3.05, 3.63) is 29.8 Å². The summed E-state index contributed by atoms with van der Waals surface area (Å²) in [5.74, 6) is 0.290. The van der Waals surface area contributed by atoms with Gasteiger partial charge in [0.1, 0.15) is 5.75 Å². The van der Waals surface area contributed by atoms with Crippen LogP contribution < -0.4 is 10.5 Å². The fraction of sp³-hybridized carbons (Fsp3) is 0.462. The maximum Gasteiger partial charge on any atom is 0.343 e. The van der Waals surface area contributed by atoms with Gasteiger partial charge in [-0.2, -0.15) is 0 Å². The van der Waals surface area contributed by atoms with Gasteiger partial charge in [-0.15, -0.1) is 0 Å². The molecule has 1 aromatic carbocycles. The fourth-order valence-corrected chi connectivity index (χ4v) is 1.89. The van der Waals surface area contributed by atoms with Gasteiger partial charge in [0, 0.05) is 25.7 Å². The maximum atomic E-state index is 10.9. The van der Waals surface area contributed by atoms with Crippen LogP contribution in [0.15, 0.2) is 24.3 Å². The lowest BCUT2D eigenvalue weighted by molar-refractivity contribution is -0.142. The lowest BCUT2D eigenvalue weighted by Crippen LogP contribution is -2.54. The summed E-state index contributed by atoms with van der Waals surface area (Å²) >= 11 is 0. The molecule has 18 heavy (non-hydrogen) atoms. The van der Waals surface area contributed by atoms with Crippen molar-refractivity contribution in [2.24, 2.45) is 5.73 Å². The summed E-state index contributed by atoms with van der Waals surface area (Å²) in [6.07, 6.45) is 0. The third-order valence-electron chi connectivity index (χ3n) is 2.90. The number of hydrogen-bond donors (Lipinski definition) is 1. The molecule has 0 aliphatic carbocycles. The summed E-state index contributed by atoms with van der Waals surface area (Å²) in [4.78, 5) is 13.2. The lowest BCUT2D eigenvalue weighted by atomic mass is 10.1. The van der Waals surface area contributed by atoms with Gasteiger partial charge >= 0.3 is 5.97 Å². The van der Waals surface area contributed by atoms with Gasteiger partial charge in [-0.05, 0) is 17.7 Å². The van der Waals surface area contributed by atoms with Crippen LogP contribution in [0.5, 0.6) is 5.75 Å². The molecule has 1 aromatic rings. The predicted octanol–water partition coefficient (Wildman–Crippen LogP) is 0.381. The van der Waals surface area contributed by atoms with E-state index in [0.29, 0.717) is 11.8 Å². The highest BCUT2D eigenvalue weighted by atomic mass is 16.6. The topological polar surface area (TPSA) is 64.8 Å². The maximum absolute atomic E-state index is 10.9. The smallest absolute Gasteiger partial charge is 0.343 e. The van der Waals surface area contributed by atoms with E-state index in [1.54, 1.807) is 0 Å². The highest BCUT2D eigenvalue weighted by Gasteiger charge is 2.22. The molecular weight excluding hydrogens is 232 g/mol. The molecule has 5 nitrogen and oxygen atoms in total. The van der Waals surface area contributed by atoms with Gasteiger partial charge in [-0.1, -0.05) is 12.1 Å². The molecule has 0 aromatic heterocycles. The van der Waals surface area contributed by atoms with Crippen LogP contribution in [0.1, 0.15) is 5.56 Å². The zero-order valence-corrected chi connectivity index (χ0v) is 10.5. The molecule has 1 aliphatic heterocycles. The molecular formula is C13H18N2O3. The van der Waals surface area contributed by atoms with Crippen LogP contribution in [-0.4, -0.2) is 43.7 Å². The van der Waals surface area contributed by atoms with Gasteiger partial charge in [-0.25, -0.2) is 4.79 Å². The number of benzene rings is 1. The van der Waals surface area contributed by atoms with Gasteiger partial charge in [-0.3, -0.25) is 4.90 Å². The largest absolute Gasteiger partial charge is 0.482 e. The molecule has 1 fully saturated rings. The van der Waals surface area contributed by atoms with Crippen molar-refractivity contribution in [1.29, 1.82) is 0 Å².